The molecule has 0 spiro atoms. The van der Waals surface area contributed by atoms with E-state index < -0.39 is 0 Å². The number of aromatic nitrogens is 1. The van der Waals surface area contributed by atoms with Crippen molar-refractivity contribution in [2.75, 3.05) is 11.9 Å². The Labute approximate surface area is 104 Å². The summed E-state index contributed by atoms with van der Waals surface area (Å²) in [6, 6.07) is 2.98. The van der Waals surface area contributed by atoms with Gasteiger partial charge in [0.1, 0.15) is 0 Å². The second-order valence-corrected chi connectivity index (χ2v) is 4.24. The average molecular weight is 249 g/mol. The third kappa shape index (κ3) is 2.58. The molecular formula is C12H15N3O3. The number of pyridine rings is 1. The summed E-state index contributed by atoms with van der Waals surface area (Å²) in [7, 11) is 0. The summed E-state index contributed by atoms with van der Waals surface area (Å²) < 4.78 is 1.51. The molecule has 1 aliphatic rings. The van der Waals surface area contributed by atoms with Crippen LogP contribution in [0.2, 0.25) is 0 Å². The Hall–Kier alpha value is -2.11. The molecule has 1 fully saturated rings. The van der Waals surface area contributed by atoms with Crippen LogP contribution in [0.25, 0.3) is 0 Å². The Morgan fingerprint density at radius 3 is 2.89 bits per heavy atom. The average Bonchev–Trinajstić information content (AvgIpc) is 2.78. The molecule has 2 heterocycles. The Bertz CT molecular complexity index is 536. The molecule has 2 N–H and O–H groups in total. The molecule has 0 radical (unpaired) electrons. The first-order chi connectivity index (χ1) is 8.60. The first-order valence-corrected chi connectivity index (χ1v) is 5.88. The summed E-state index contributed by atoms with van der Waals surface area (Å²) in [5, 5.41) is 5.33. The van der Waals surface area contributed by atoms with Crippen molar-refractivity contribution in [2.24, 2.45) is 5.92 Å². The summed E-state index contributed by atoms with van der Waals surface area (Å²) in [5.41, 5.74) is 0.467. The minimum atomic E-state index is -0.334. The summed E-state index contributed by atoms with van der Waals surface area (Å²) >= 11 is 0. The van der Waals surface area contributed by atoms with Crippen LogP contribution in [0.3, 0.4) is 0 Å². The molecule has 0 aromatic carbocycles. The topological polar surface area (TPSA) is 80.2 Å². The molecule has 6 nitrogen and oxygen atoms in total. The van der Waals surface area contributed by atoms with Gasteiger partial charge in [0.05, 0.1) is 11.6 Å². The highest BCUT2D eigenvalue weighted by Crippen LogP contribution is 2.12. The fourth-order valence-electron chi connectivity index (χ4n) is 1.89. The largest absolute Gasteiger partial charge is 0.355 e. The lowest BCUT2D eigenvalue weighted by Crippen LogP contribution is -2.26. The highest BCUT2D eigenvalue weighted by molar-refractivity contribution is 5.97. The minimum absolute atomic E-state index is 0.103. The molecule has 2 amide bonds. The summed E-state index contributed by atoms with van der Waals surface area (Å²) in [5.74, 6) is -0.636. The first kappa shape index (κ1) is 12.3. The fraction of sp³-hybridized carbons (Fsp3) is 0.417. The van der Waals surface area contributed by atoms with Crippen molar-refractivity contribution in [3.8, 4) is 0 Å². The van der Waals surface area contributed by atoms with Crippen molar-refractivity contribution in [3.05, 3.63) is 28.7 Å². The maximum Gasteiger partial charge on any atom is 0.250 e. The predicted molar refractivity (Wildman–Crippen MR) is 66.1 cm³/mol. The zero-order valence-electron chi connectivity index (χ0n) is 10.1. The molecule has 0 saturated carbocycles. The van der Waals surface area contributed by atoms with Gasteiger partial charge in [-0.25, -0.2) is 0 Å². The summed E-state index contributed by atoms with van der Waals surface area (Å²) in [6.07, 6.45) is 1.82. The Balaban J connectivity index is 2.07. The van der Waals surface area contributed by atoms with Crippen LogP contribution in [0.15, 0.2) is 23.1 Å². The molecule has 0 aliphatic carbocycles. The van der Waals surface area contributed by atoms with Gasteiger partial charge >= 0.3 is 0 Å². The molecule has 18 heavy (non-hydrogen) atoms. The lowest BCUT2D eigenvalue weighted by Gasteiger charge is -2.10. The summed E-state index contributed by atoms with van der Waals surface area (Å²) in [4.78, 5) is 34.3. The standard InChI is InChI=1S/C12H15N3O3/c1-2-15-7-9(3-4-11(15)17)14-12(18)8-5-10(16)13-6-8/h3-4,7-8H,2,5-6H2,1H3,(H,13,16)(H,14,18). The van der Waals surface area contributed by atoms with E-state index in [-0.39, 0.29) is 29.7 Å². The van der Waals surface area contributed by atoms with E-state index in [1.807, 2.05) is 6.92 Å². The van der Waals surface area contributed by atoms with E-state index in [2.05, 4.69) is 10.6 Å². The molecule has 1 aromatic rings. The van der Waals surface area contributed by atoms with Gasteiger partial charge in [-0.05, 0) is 13.0 Å². The van der Waals surface area contributed by atoms with Crippen LogP contribution in [0.1, 0.15) is 13.3 Å². The minimum Gasteiger partial charge on any atom is -0.355 e. The molecule has 0 bridgehead atoms. The van der Waals surface area contributed by atoms with Gasteiger partial charge in [-0.1, -0.05) is 0 Å². The molecule has 96 valence electrons. The highest BCUT2D eigenvalue weighted by Gasteiger charge is 2.27. The van der Waals surface area contributed by atoms with Crippen LogP contribution >= 0.6 is 0 Å². The van der Waals surface area contributed by atoms with Crippen LogP contribution in [0.5, 0.6) is 0 Å². The van der Waals surface area contributed by atoms with Gasteiger partial charge in [0.15, 0.2) is 0 Å². The quantitative estimate of drug-likeness (QED) is 0.787. The fourth-order valence-corrected chi connectivity index (χ4v) is 1.89. The van der Waals surface area contributed by atoms with Gasteiger partial charge in [-0.2, -0.15) is 0 Å². The van der Waals surface area contributed by atoms with E-state index in [0.717, 1.165) is 0 Å². The van der Waals surface area contributed by atoms with E-state index >= 15 is 0 Å². The Kier molecular flexibility index (Phi) is 3.45. The number of hydrogen-bond donors (Lipinski definition) is 2. The van der Waals surface area contributed by atoms with Crippen molar-refractivity contribution in [1.29, 1.82) is 0 Å². The normalized spacial score (nSPS) is 18.5. The highest BCUT2D eigenvalue weighted by atomic mass is 16.2. The number of hydrogen-bond acceptors (Lipinski definition) is 3. The lowest BCUT2D eigenvalue weighted by atomic mass is 10.1. The van der Waals surface area contributed by atoms with E-state index in [9.17, 15) is 14.4 Å². The number of carbonyl (C=O) groups is 2. The first-order valence-electron chi connectivity index (χ1n) is 5.88. The monoisotopic (exact) mass is 249 g/mol. The number of nitrogens with zero attached hydrogens (tertiary/aromatic N) is 1. The van der Waals surface area contributed by atoms with Crippen LogP contribution in [0.4, 0.5) is 5.69 Å². The third-order valence-electron chi connectivity index (χ3n) is 2.94. The predicted octanol–water partition coefficient (Wildman–Crippen LogP) is -0.0572. The zero-order chi connectivity index (χ0) is 13.1. The van der Waals surface area contributed by atoms with Crippen LogP contribution in [-0.2, 0) is 16.1 Å². The number of nitrogens with one attached hydrogen (secondary N) is 2. The van der Waals surface area contributed by atoms with Gasteiger partial charge < -0.3 is 15.2 Å². The smallest absolute Gasteiger partial charge is 0.250 e. The maximum absolute atomic E-state index is 11.9. The van der Waals surface area contributed by atoms with Crippen molar-refractivity contribution in [2.45, 2.75) is 19.9 Å². The lowest BCUT2D eigenvalue weighted by molar-refractivity contribution is -0.123. The van der Waals surface area contributed by atoms with Crippen molar-refractivity contribution in [3.63, 3.8) is 0 Å². The van der Waals surface area contributed by atoms with Crippen molar-refractivity contribution in [1.82, 2.24) is 9.88 Å². The van der Waals surface area contributed by atoms with E-state index in [1.54, 1.807) is 12.3 Å². The van der Waals surface area contributed by atoms with Gasteiger partial charge in [-0.3, -0.25) is 14.4 Å². The van der Waals surface area contributed by atoms with Crippen LogP contribution in [0, 0.1) is 5.92 Å². The number of amides is 2. The second kappa shape index (κ2) is 5.03. The molecule has 1 saturated heterocycles. The van der Waals surface area contributed by atoms with E-state index in [0.29, 0.717) is 18.8 Å². The van der Waals surface area contributed by atoms with Crippen LogP contribution < -0.4 is 16.2 Å². The van der Waals surface area contributed by atoms with E-state index in [4.69, 9.17) is 0 Å². The maximum atomic E-state index is 11.9. The number of anilines is 1. The molecule has 2 rings (SSSR count). The Morgan fingerprint density at radius 1 is 1.50 bits per heavy atom. The van der Waals surface area contributed by atoms with Crippen LogP contribution in [-0.4, -0.2) is 22.9 Å². The van der Waals surface area contributed by atoms with Gasteiger partial charge in [0.2, 0.25) is 11.8 Å². The van der Waals surface area contributed by atoms with Crippen molar-refractivity contribution >= 4 is 17.5 Å². The molecular weight excluding hydrogens is 234 g/mol. The molecule has 6 heteroatoms. The Morgan fingerprint density at radius 2 is 2.28 bits per heavy atom. The summed E-state index contributed by atoms with van der Waals surface area (Å²) in [6.45, 7) is 2.77. The number of aryl methyl sites for hydroxylation is 1. The molecule has 1 atom stereocenters. The van der Waals surface area contributed by atoms with E-state index in [1.165, 1.54) is 10.6 Å². The second-order valence-electron chi connectivity index (χ2n) is 4.24. The number of carbonyl (C=O) groups excluding carboxylic acids is 2. The molecule has 1 aliphatic heterocycles. The third-order valence-corrected chi connectivity index (χ3v) is 2.94. The van der Waals surface area contributed by atoms with Gasteiger partial charge in [0, 0.05) is 31.8 Å². The molecule has 1 aromatic heterocycles. The van der Waals surface area contributed by atoms with Gasteiger partial charge in [0.25, 0.3) is 5.56 Å². The SMILES string of the molecule is CCn1cc(NC(=O)C2CNC(=O)C2)ccc1=O. The zero-order valence-corrected chi connectivity index (χ0v) is 10.1. The van der Waals surface area contributed by atoms with Crippen molar-refractivity contribution < 1.29 is 9.59 Å². The molecule has 1 unspecified atom stereocenters. The number of rotatable bonds is 3. The van der Waals surface area contributed by atoms with Gasteiger partial charge in [-0.15, -0.1) is 0 Å².